The van der Waals surface area contributed by atoms with Gasteiger partial charge in [0, 0.05) is 32.5 Å². The molecule has 27 heavy (non-hydrogen) atoms. The Kier molecular flexibility index (Phi) is 7.78. The molecular weight excluding hydrogens is 368 g/mol. The van der Waals surface area contributed by atoms with Crippen LogP contribution < -0.4 is 10.0 Å². The van der Waals surface area contributed by atoms with Gasteiger partial charge in [-0.05, 0) is 36.6 Å². The second-order valence-electron chi connectivity index (χ2n) is 5.92. The number of anilines is 1. The number of carboxylic acid groups (broad SMARTS) is 1. The largest absolute Gasteiger partial charge is 0.478 e. The Labute approximate surface area is 159 Å². The van der Waals surface area contributed by atoms with Crippen molar-refractivity contribution >= 4 is 21.7 Å². The molecule has 0 atom stereocenters. The molecule has 2 aromatic rings. The molecule has 0 bridgehead atoms. The topological polar surface area (TPSA) is 105 Å². The number of nitrogens with one attached hydrogen (secondary N) is 2. The molecule has 0 aliphatic rings. The first-order chi connectivity index (χ1) is 12.9. The van der Waals surface area contributed by atoms with Crippen molar-refractivity contribution in [2.75, 3.05) is 32.1 Å². The first-order valence-corrected chi connectivity index (χ1v) is 10.1. The predicted octanol–water partition coefficient (Wildman–Crippen LogP) is 2.35. The molecule has 0 fully saturated rings. The fourth-order valence-corrected chi connectivity index (χ4v) is 3.61. The maximum absolute atomic E-state index is 12.3. The van der Waals surface area contributed by atoms with Crippen LogP contribution in [0.3, 0.4) is 0 Å². The zero-order valence-corrected chi connectivity index (χ0v) is 16.0. The van der Waals surface area contributed by atoms with Gasteiger partial charge < -0.3 is 15.2 Å². The first kappa shape index (κ1) is 20.9. The fraction of sp³-hybridized carbons (Fsp3) is 0.316. The van der Waals surface area contributed by atoms with Crippen LogP contribution in [-0.2, 0) is 21.2 Å². The molecule has 0 heterocycles. The summed E-state index contributed by atoms with van der Waals surface area (Å²) in [6.45, 7) is 1.19. The van der Waals surface area contributed by atoms with Crippen LogP contribution in [0.1, 0.15) is 22.3 Å². The molecule has 0 aromatic heterocycles. The molecule has 2 rings (SSSR count). The van der Waals surface area contributed by atoms with Crippen LogP contribution in [0.25, 0.3) is 0 Å². The second kappa shape index (κ2) is 10.1. The molecule has 0 unspecified atom stereocenters. The molecule has 0 spiro atoms. The van der Waals surface area contributed by atoms with Crippen molar-refractivity contribution in [3.05, 3.63) is 59.7 Å². The normalized spacial score (nSPS) is 11.3. The van der Waals surface area contributed by atoms with E-state index in [-0.39, 0.29) is 17.0 Å². The molecular formula is C19H24N2O5S. The number of sulfonamides is 1. The molecule has 0 aliphatic carbocycles. The van der Waals surface area contributed by atoms with E-state index in [0.29, 0.717) is 25.3 Å². The van der Waals surface area contributed by atoms with Crippen LogP contribution in [0.15, 0.2) is 53.4 Å². The minimum atomic E-state index is -3.77. The lowest BCUT2D eigenvalue weighted by Gasteiger charge is -2.12. The van der Waals surface area contributed by atoms with Gasteiger partial charge in [-0.2, -0.15) is 0 Å². The van der Waals surface area contributed by atoms with Crippen molar-refractivity contribution in [2.24, 2.45) is 0 Å². The molecule has 0 aliphatic heterocycles. The van der Waals surface area contributed by atoms with Crippen molar-refractivity contribution in [2.45, 2.75) is 17.7 Å². The van der Waals surface area contributed by atoms with Gasteiger partial charge in [0.1, 0.15) is 0 Å². The molecule has 7 nitrogen and oxygen atoms in total. The van der Waals surface area contributed by atoms with Gasteiger partial charge in [-0.25, -0.2) is 17.9 Å². The molecule has 8 heteroatoms. The highest BCUT2D eigenvalue weighted by molar-refractivity contribution is 7.89. The highest BCUT2D eigenvalue weighted by Crippen LogP contribution is 2.21. The molecule has 0 saturated carbocycles. The number of benzene rings is 2. The maximum atomic E-state index is 12.3. The summed E-state index contributed by atoms with van der Waals surface area (Å²) in [7, 11) is -2.23. The van der Waals surface area contributed by atoms with Crippen LogP contribution in [0.2, 0.25) is 0 Å². The van der Waals surface area contributed by atoms with E-state index in [1.807, 2.05) is 30.3 Å². The average molecular weight is 392 g/mol. The number of ether oxygens (including phenoxy) is 1. The number of hydrogen-bond donors (Lipinski definition) is 3. The van der Waals surface area contributed by atoms with Crippen molar-refractivity contribution in [3.63, 3.8) is 0 Å². The lowest BCUT2D eigenvalue weighted by Crippen LogP contribution is -2.26. The Balaban J connectivity index is 2.08. The zero-order valence-electron chi connectivity index (χ0n) is 15.1. The SMILES string of the molecule is COCCCNS(=O)(=O)c1ccc(NCCc2ccccc2)c(C(=O)O)c1. The third kappa shape index (κ3) is 6.35. The third-order valence-corrected chi connectivity index (χ3v) is 5.38. The van der Waals surface area contributed by atoms with E-state index in [0.717, 1.165) is 12.0 Å². The van der Waals surface area contributed by atoms with Gasteiger partial charge in [0.2, 0.25) is 10.0 Å². The molecule has 3 N–H and O–H groups in total. The molecule has 146 valence electrons. The number of rotatable bonds is 11. The number of carboxylic acids is 1. The van der Waals surface area contributed by atoms with Gasteiger partial charge in [0.05, 0.1) is 10.5 Å². The molecule has 2 aromatic carbocycles. The fourth-order valence-electron chi connectivity index (χ4n) is 2.51. The molecule has 0 amide bonds. The summed E-state index contributed by atoms with van der Waals surface area (Å²) >= 11 is 0. The van der Waals surface area contributed by atoms with E-state index in [2.05, 4.69) is 10.0 Å². The number of methoxy groups -OCH3 is 1. The third-order valence-electron chi connectivity index (χ3n) is 3.92. The Hall–Kier alpha value is -2.42. The predicted molar refractivity (Wildman–Crippen MR) is 104 cm³/mol. The summed E-state index contributed by atoms with van der Waals surface area (Å²) in [6, 6.07) is 13.9. The van der Waals surface area contributed by atoms with Crippen molar-refractivity contribution in [1.29, 1.82) is 0 Å². The standard InChI is InChI=1S/C19H24N2O5S/c1-26-13-5-11-21-27(24,25)16-8-9-18(17(14-16)19(22)23)20-12-10-15-6-3-2-4-7-15/h2-4,6-9,14,20-21H,5,10-13H2,1H3,(H,22,23). The van der Waals surface area contributed by atoms with Crippen LogP contribution in [-0.4, -0.2) is 46.3 Å². The number of hydrogen-bond acceptors (Lipinski definition) is 5. The van der Waals surface area contributed by atoms with Gasteiger partial charge in [-0.1, -0.05) is 30.3 Å². The summed E-state index contributed by atoms with van der Waals surface area (Å²) in [5.74, 6) is -1.19. The summed E-state index contributed by atoms with van der Waals surface area (Å²) < 4.78 is 31.9. The summed E-state index contributed by atoms with van der Waals surface area (Å²) in [4.78, 5) is 11.5. The highest BCUT2D eigenvalue weighted by Gasteiger charge is 2.18. The molecule has 0 radical (unpaired) electrons. The number of carbonyl (C=O) groups is 1. The number of aromatic carboxylic acids is 1. The van der Waals surface area contributed by atoms with E-state index in [1.54, 1.807) is 0 Å². The van der Waals surface area contributed by atoms with E-state index in [1.165, 1.54) is 25.3 Å². The van der Waals surface area contributed by atoms with Gasteiger partial charge in [0.15, 0.2) is 0 Å². The Morgan fingerprint density at radius 2 is 1.85 bits per heavy atom. The van der Waals surface area contributed by atoms with E-state index < -0.39 is 16.0 Å². The van der Waals surface area contributed by atoms with Gasteiger partial charge >= 0.3 is 5.97 Å². The lowest BCUT2D eigenvalue weighted by molar-refractivity contribution is 0.0697. The van der Waals surface area contributed by atoms with Gasteiger partial charge in [-0.3, -0.25) is 0 Å². The Bertz CT molecular complexity index is 854. The Morgan fingerprint density at radius 3 is 2.52 bits per heavy atom. The average Bonchev–Trinajstić information content (AvgIpc) is 2.66. The van der Waals surface area contributed by atoms with Crippen molar-refractivity contribution < 1.29 is 23.1 Å². The first-order valence-electron chi connectivity index (χ1n) is 8.58. The summed E-state index contributed by atoms with van der Waals surface area (Å²) in [6.07, 6.45) is 1.25. The Morgan fingerprint density at radius 1 is 1.11 bits per heavy atom. The van der Waals surface area contributed by atoms with Crippen LogP contribution >= 0.6 is 0 Å². The maximum Gasteiger partial charge on any atom is 0.337 e. The van der Waals surface area contributed by atoms with E-state index >= 15 is 0 Å². The summed E-state index contributed by atoms with van der Waals surface area (Å²) in [5, 5.41) is 12.5. The summed E-state index contributed by atoms with van der Waals surface area (Å²) in [5.41, 5.74) is 1.43. The minimum absolute atomic E-state index is 0.0778. The van der Waals surface area contributed by atoms with Crippen LogP contribution in [0, 0.1) is 0 Å². The second-order valence-corrected chi connectivity index (χ2v) is 7.69. The van der Waals surface area contributed by atoms with Gasteiger partial charge in [-0.15, -0.1) is 0 Å². The van der Waals surface area contributed by atoms with Crippen molar-refractivity contribution in [3.8, 4) is 0 Å². The van der Waals surface area contributed by atoms with E-state index in [4.69, 9.17) is 4.74 Å². The smallest absolute Gasteiger partial charge is 0.337 e. The van der Waals surface area contributed by atoms with E-state index in [9.17, 15) is 18.3 Å². The van der Waals surface area contributed by atoms with Gasteiger partial charge in [0.25, 0.3) is 0 Å². The minimum Gasteiger partial charge on any atom is -0.478 e. The monoisotopic (exact) mass is 392 g/mol. The molecule has 0 saturated heterocycles. The van der Waals surface area contributed by atoms with Crippen molar-refractivity contribution in [1.82, 2.24) is 4.72 Å². The highest BCUT2D eigenvalue weighted by atomic mass is 32.2. The van der Waals surface area contributed by atoms with Crippen LogP contribution in [0.5, 0.6) is 0 Å². The van der Waals surface area contributed by atoms with Crippen LogP contribution in [0.4, 0.5) is 5.69 Å². The zero-order chi connectivity index (χ0) is 19.7. The quantitative estimate of drug-likeness (QED) is 0.507. The lowest BCUT2D eigenvalue weighted by atomic mass is 10.1.